The zero-order valence-electron chi connectivity index (χ0n) is 9.49. The van der Waals surface area contributed by atoms with Gasteiger partial charge in [-0.05, 0) is 24.1 Å². The first-order valence-corrected chi connectivity index (χ1v) is 6.80. The molecule has 0 aliphatic rings. The summed E-state index contributed by atoms with van der Waals surface area (Å²) < 4.78 is 5.43. The number of halogens is 2. The number of pyridine rings is 1. The Hall–Kier alpha value is -0.800. The summed E-state index contributed by atoms with van der Waals surface area (Å²) in [6.07, 6.45) is 6.89. The predicted molar refractivity (Wildman–Crippen MR) is 72.7 cm³/mol. The third-order valence-corrected chi connectivity index (χ3v) is 3.85. The summed E-state index contributed by atoms with van der Waals surface area (Å²) in [7, 11) is 0. The molecule has 90 valence electrons. The zero-order valence-corrected chi connectivity index (χ0v) is 11.8. The van der Waals surface area contributed by atoms with Crippen molar-refractivity contribution < 1.29 is 4.42 Å². The lowest BCUT2D eigenvalue weighted by molar-refractivity contribution is 0.511. The van der Waals surface area contributed by atoms with E-state index in [0.29, 0.717) is 5.02 Å². The fourth-order valence-electron chi connectivity index (χ4n) is 1.79. The molecule has 0 amide bonds. The molecule has 0 fully saturated rings. The molecule has 2 aromatic rings. The second-order valence-corrected chi connectivity index (χ2v) is 5.30. The van der Waals surface area contributed by atoms with E-state index in [-0.39, 0.29) is 4.83 Å². The van der Waals surface area contributed by atoms with Gasteiger partial charge in [0.1, 0.15) is 5.76 Å². The number of hydrogen-bond acceptors (Lipinski definition) is 2. The summed E-state index contributed by atoms with van der Waals surface area (Å²) in [6, 6.07) is 3.95. The van der Waals surface area contributed by atoms with Crippen molar-refractivity contribution in [1.29, 1.82) is 0 Å². The van der Waals surface area contributed by atoms with Gasteiger partial charge in [0.2, 0.25) is 0 Å². The van der Waals surface area contributed by atoms with Gasteiger partial charge in [-0.1, -0.05) is 34.5 Å². The summed E-state index contributed by atoms with van der Waals surface area (Å²) in [5, 5.41) is 0.707. The van der Waals surface area contributed by atoms with Crippen LogP contribution in [0.3, 0.4) is 0 Å². The fourth-order valence-corrected chi connectivity index (χ4v) is 2.74. The lowest BCUT2D eigenvalue weighted by Crippen LogP contribution is -1.98. The van der Waals surface area contributed by atoms with Gasteiger partial charge in [0, 0.05) is 29.2 Å². The average molecular weight is 315 g/mol. The van der Waals surface area contributed by atoms with Gasteiger partial charge in [0.25, 0.3) is 0 Å². The number of rotatable bonds is 4. The van der Waals surface area contributed by atoms with Crippen LogP contribution in [-0.4, -0.2) is 4.98 Å². The van der Waals surface area contributed by atoms with Crippen molar-refractivity contribution >= 4 is 27.5 Å². The molecule has 2 nitrogen and oxygen atoms in total. The minimum Gasteiger partial charge on any atom is -0.469 e. The number of aromatic nitrogens is 1. The fraction of sp³-hybridized carbons (Fsp3) is 0.308. The van der Waals surface area contributed by atoms with E-state index < -0.39 is 0 Å². The highest BCUT2D eigenvalue weighted by molar-refractivity contribution is 9.09. The highest BCUT2D eigenvalue weighted by Gasteiger charge is 2.15. The van der Waals surface area contributed by atoms with E-state index in [1.807, 2.05) is 12.1 Å². The Morgan fingerprint density at radius 3 is 3.00 bits per heavy atom. The van der Waals surface area contributed by atoms with Crippen LogP contribution >= 0.6 is 27.5 Å². The molecule has 1 atom stereocenters. The van der Waals surface area contributed by atoms with Gasteiger partial charge in [0.05, 0.1) is 11.3 Å². The molecule has 0 radical (unpaired) electrons. The number of alkyl halides is 1. The molecule has 0 spiro atoms. The van der Waals surface area contributed by atoms with Gasteiger partial charge in [0.15, 0.2) is 0 Å². The maximum atomic E-state index is 6.10. The molecule has 2 rings (SSSR count). The Morgan fingerprint density at radius 1 is 1.47 bits per heavy atom. The van der Waals surface area contributed by atoms with Gasteiger partial charge in [-0.15, -0.1) is 0 Å². The van der Waals surface area contributed by atoms with Gasteiger partial charge in [-0.3, -0.25) is 4.98 Å². The van der Waals surface area contributed by atoms with Crippen molar-refractivity contribution in [2.75, 3.05) is 0 Å². The molecule has 0 saturated carbocycles. The monoisotopic (exact) mass is 313 g/mol. The average Bonchev–Trinajstić information content (AvgIpc) is 2.80. The Kier molecular flexibility index (Phi) is 4.24. The lowest BCUT2D eigenvalue weighted by atomic mass is 10.0. The minimum atomic E-state index is 0.219. The molecule has 2 aromatic heterocycles. The molecule has 0 aliphatic carbocycles. The summed E-state index contributed by atoms with van der Waals surface area (Å²) in [5.74, 6) is 1.03. The molecule has 0 aromatic carbocycles. The van der Waals surface area contributed by atoms with E-state index in [1.54, 1.807) is 18.7 Å². The predicted octanol–water partition coefficient (Wildman–Crippen LogP) is 4.57. The Bertz CT molecular complexity index is 498. The van der Waals surface area contributed by atoms with Crippen LogP contribution in [0.25, 0.3) is 0 Å². The minimum absolute atomic E-state index is 0.219. The SMILES string of the molecule is CCc1occc1C(Br)Cc1ccncc1Cl. The van der Waals surface area contributed by atoms with Crippen molar-refractivity contribution in [3.8, 4) is 0 Å². The van der Waals surface area contributed by atoms with Crippen molar-refractivity contribution in [3.05, 3.63) is 52.7 Å². The van der Waals surface area contributed by atoms with E-state index in [2.05, 4.69) is 27.8 Å². The largest absolute Gasteiger partial charge is 0.469 e. The van der Waals surface area contributed by atoms with Crippen LogP contribution < -0.4 is 0 Å². The van der Waals surface area contributed by atoms with E-state index in [0.717, 1.165) is 24.2 Å². The molecule has 17 heavy (non-hydrogen) atoms. The number of aryl methyl sites for hydroxylation is 1. The lowest BCUT2D eigenvalue weighted by Gasteiger charge is -2.10. The van der Waals surface area contributed by atoms with Crippen molar-refractivity contribution in [1.82, 2.24) is 4.98 Å². The first-order valence-electron chi connectivity index (χ1n) is 5.51. The second kappa shape index (κ2) is 5.69. The zero-order chi connectivity index (χ0) is 12.3. The topological polar surface area (TPSA) is 26.0 Å². The highest BCUT2D eigenvalue weighted by Crippen LogP contribution is 2.32. The van der Waals surface area contributed by atoms with Crippen molar-refractivity contribution in [3.63, 3.8) is 0 Å². The van der Waals surface area contributed by atoms with E-state index in [1.165, 1.54) is 5.56 Å². The number of nitrogens with zero attached hydrogens (tertiary/aromatic N) is 1. The van der Waals surface area contributed by atoms with Crippen LogP contribution in [0.15, 0.2) is 35.2 Å². The standard InChI is InChI=1S/C13H13BrClNO/c1-2-13-10(4-6-17-13)11(14)7-9-3-5-16-8-12(9)15/h3-6,8,11H,2,7H2,1H3. The first-order chi connectivity index (χ1) is 8.22. The molecule has 2 heterocycles. The van der Waals surface area contributed by atoms with Crippen LogP contribution in [0.2, 0.25) is 5.02 Å². The summed E-state index contributed by atoms with van der Waals surface area (Å²) in [4.78, 5) is 4.20. The van der Waals surface area contributed by atoms with Crippen LogP contribution in [0.1, 0.15) is 28.6 Å². The molecule has 0 saturated heterocycles. The Morgan fingerprint density at radius 2 is 2.29 bits per heavy atom. The summed E-state index contributed by atoms with van der Waals surface area (Å²) >= 11 is 9.79. The normalized spacial score (nSPS) is 12.6. The van der Waals surface area contributed by atoms with Gasteiger partial charge >= 0.3 is 0 Å². The Labute approximate surface area is 114 Å². The van der Waals surface area contributed by atoms with Crippen molar-refractivity contribution in [2.45, 2.75) is 24.6 Å². The molecule has 4 heteroatoms. The second-order valence-electron chi connectivity index (χ2n) is 3.79. The molecule has 1 unspecified atom stereocenters. The molecule has 0 bridgehead atoms. The van der Waals surface area contributed by atoms with E-state index >= 15 is 0 Å². The molecule has 0 aliphatic heterocycles. The first kappa shape index (κ1) is 12.7. The van der Waals surface area contributed by atoms with E-state index in [4.69, 9.17) is 16.0 Å². The van der Waals surface area contributed by atoms with Gasteiger partial charge in [-0.2, -0.15) is 0 Å². The van der Waals surface area contributed by atoms with E-state index in [9.17, 15) is 0 Å². The smallest absolute Gasteiger partial charge is 0.107 e. The van der Waals surface area contributed by atoms with Crippen LogP contribution in [0, 0.1) is 0 Å². The maximum absolute atomic E-state index is 6.10. The Balaban J connectivity index is 2.17. The summed E-state index contributed by atoms with van der Waals surface area (Å²) in [6.45, 7) is 2.08. The number of hydrogen-bond donors (Lipinski definition) is 0. The summed E-state index contributed by atoms with van der Waals surface area (Å²) in [5.41, 5.74) is 2.28. The van der Waals surface area contributed by atoms with Crippen molar-refractivity contribution in [2.24, 2.45) is 0 Å². The molecular weight excluding hydrogens is 302 g/mol. The van der Waals surface area contributed by atoms with Crippen LogP contribution in [-0.2, 0) is 12.8 Å². The molecule has 0 N–H and O–H groups in total. The number of furan rings is 1. The quantitative estimate of drug-likeness (QED) is 0.773. The molecular formula is C13H13BrClNO. The highest BCUT2D eigenvalue weighted by atomic mass is 79.9. The van der Waals surface area contributed by atoms with Crippen LogP contribution in [0.4, 0.5) is 0 Å². The third-order valence-electron chi connectivity index (χ3n) is 2.69. The van der Waals surface area contributed by atoms with Gasteiger partial charge < -0.3 is 4.42 Å². The van der Waals surface area contributed by atoms with Gasteiger partial charge in [-0.25, -0.2) is 0 Å². The maximum Gasteiger partial charge on any atom is 0.107 e. The third kappa shape index (κ3) is 2.90. The van der Waals surface area contributed by atoms with Crippen LogP contribution in [0.5, 0.6) is 0 Å².